The number of aliphatic imine (C=N–C) groups is 1. The van der Waals surface area contributed by atoms with Crippen molar-refractivity contribution in [2.45, 2.75) is 141 Å². The van der Waals surface area contributed by atoms with Gasteiger partial charge in [-0.15, -0.1) is 31.4 Å². The van der Waals surface area contributed by atoms with Gasteiger partial charge in [0.05, 0.1) is 11.9 Å². The molecule has 228 valence electrons. The molecule has 0 aliphatic carbocycles. The zero-order valence-electron chi connectivity index (χ0n) is 24.1. The summed E-state index contributed by atoms with van der Waals surface area (Å²) in [5.74, 6) is -0.239. The standard InChI is InChI=1S/C16H27NO3.C12H23N3O2.2ClH/c1-5-6-7-10-13-11-8-9-12-14(18)17(13)15(19)20-16(2,3)4;13-10(12(16)17)7-3-1-5-9-6-2-4-8-11(14)15-9;;/h5,13H,1,6-12H2,2-4H3;9-10H,1-8,13H2,(H2,14,15)(H,16,17);2*1H/t13-;9-,10+;;/m11../s1. The maximum Gasteiger partial charge on any atom is 0.417 e. The van der Waals surface area contributed by atoms with Crippen LogP contribution in [0.1, 0.15) is 117 Å². The van der Waals surface area contributed by atoms with Crippen molar-refractivity contribution >= 4 is 48.6 Å². The molecule has 2 heterocycles. The van der Waals surface area contributed by atoms with Gasteiger partial charge in [0.15, 0.2) is 0 Å². The molecule has 2 aliphatic rings. The minimum Gasteiger partial charge on any atom is -0.480 e. The highest BCUT2D eigenvalue weighted by Crippen LogP contribution is 2.24. The van der Waals surface area contributed by atoms with Crippen LogP contribution in [0.15, 0.2) is 17.6 Å². The maximum atomic E-state index is 12.3. The summed E-state index contributed by atoms with van der Waals surface area (Å²) >= 11 is 0. The third-order valence-electron chi connectivity index (χ3n) is 6.54. The third-order valence-corrected chi connectivity index (χ3v) is 6.54. The quantitative estimate of drug-likeness (QED) is 0.203. The molecule has 0 aromatic heterocycles. The zero-order chi connectivity index (χ0) is 27.8. The minimum absolute atomic E-state index is 0. The predicted molar refractivity (Wildman–Crippen MR) is 162 cm³/mol. The Balaban J connectivity index is 0. The highest BCUT2D eigenvalue weighted by Gasteiger charge is 2.34. The third kappa shape index (κ3) is 17.5. The number of rotatable bonds is 10. The first-order chi connectivity index (χ1) is 17.4. The fourth-order valence-corrected chi connectivity index (χ4v) is 4.57. The monoisotopic (exact) mass is 594 g/mol. The number of carboxylic acid groups (broad SMARTS) is 1. The number of hydrogen-bond acceptors (Lipinski definition) is 7. The van der Waals surface area contributed by atoms with E-state index in [-0.39, 0.29) is 36.8 Å². The molecule has 3 atom stereocenters. The normalized spacial score (nSPS) is 20.4. The lowest BCUT2D eigenvalue weighted by Gasteiger charge is -2.30. The van der Waals surface area contributed by atoms with Gasteiger partial charge in [0.2, 0.25) is 5.91 Å². The number of likely N-dealkylation sites (tertiary alicyclic amines) is 1. The number of hydrogen-bond donors (Lipinski definition) is 3. The molecule has 11 heteroatoms. The average molecular weight is 596 g/mol. The Bertz CT molecular complexity index is 774. The van der Waals surface area contributed by atoms with Crippen molar-refractivity contribution in [1.82, 2.24) is 4.90 Å². The molecule has 9 nitrogen and oxygen atoms in total. The lowest BCUT2D eigenvalue weighted by molar-refractivity contribution is -0.138. The van der Waals surface area contributed by atoms with E-state index < -0.39 is 23.7 Å². The van der Waals surface area contributed by atoms with Crippen LogP contribution in [0, 0.1) is 0 Å². The summed E-state index contributed by atoms with van der Waals surface area (Å²) < 4.78 is 5.39. The molecule has 1 fully saturated rings. The zero-order valence-corrected chi connectivity index (χ0v) is 25.7. The van der Waals surface area contributed by atoms with Crippen LogP contribution in [0.4, 0.5) is 4.79 Å². The van der Waals surface area contributed by atoms with Gasteiger partial charge in [0.25, 0.3) is 0 Å². The summed E-state index contributed by atoms with van der Waals surface area (Å²) in [6, 6.07) is -0.420. The van der Waals surface area contributed by atoms with Gasteiger partial charge in [0, 0.05) is 18.9 Å². The second-order valence-electron chi connectivity index (χ2n) is 11.1. The first-order valence-electron chi connectivity index (χ1n) is 13.9. The molecule has 0 radical (unpaired) electrons. The van der Waals surface area contributed by atoms with Crippen LogP contribution in [-0.2, 0) is 14.3 Å². The van der Waals surface area contributed by atoms with E-state index >= 15 is 0 Å². The van der Waals surface area contributed by atoms with Crippen LogP contribution < -0.4 is 11.5 Å². The molecular formula is C28H52Cl2N4O5. The number of carbonyl (C=O) groups excluding carboxylic acids is 2. The number of amidine groups is 1. The fraction of sp³-hybridized carbons (Fsp3) is 0.786. The molecule has 0 aromatic rings. The number of halogens is 2. The van der Waals surface area contributed by atoms with Gasteiger partial charge < -0.3 is 21.3 Å². The van der Waals surface area contributed by atoms with E-state index in [0.29, 0.717) is 18.9 Å². The SMILES string of the molecule is C=CCCC[C@@H]1CCCCC(=O)N1C(=O)OC(C)(C)C.Cl.Cl.NC1=N[C@H](CCCC[C@H](N)C(=O)O)CCCC1. The summed E-state index contributed by atoms with van der Waals surface area (Å²) in [6.45, 7) is 9.17. The second kappa shape index (κ2) is 21.0. The topological polar surface area (TPSA) is 148 Å². The molecule has 0 spiro atoms. The Morgan fingerprint density at radius 2 is 1.74 bits per heavy atom. The van der Waals surface area contributed by atoms with Gasteiger partial charge >= 0.3 is 12.1 Å². The number of aliphatic carboxylic acids is 1. The number of unbranched alkanes of at least 4 members (excludes halogenated alkanes) is 2. The van der Waals surface area contributed by atoms with Gasteiger partial charge in [0.1, 0.15) is 11.6 Å². The van der Waals surface area contributed by atoms with Crippen molar-refractivity contribution < 1.29 is 24.2 Å². The van der Waals surface area contributed by atoms with Crippen molar-refractivity contribution in [2.24, 2.45) is 16.5 Å². The molecule has 0 saturated carbocycles. The van der Waals surface area contributed by atoms with Crippen molar-refractivity contribution in [2.75, 3.05) is 0 Å². The van der Waals surface area contributed by atoms with Crippen LogP contribution in [0.5, 0.6) is 0 Å². The summed E-state index contributed by atoms with van der Waals surface area (Å²) in [5.41, 5.74) is 10.6. The molecule has 2 amide bonds. The molecule has 39 heavy (non-hydrogen) atoms. The average Bonchev–Trinajstić information content (AvgIpc) is 3.13. The minimum atomic E-state index is -0.915. The van der Waals surface area contributed by atoms with Gasteiger partial charge in [-0.2, -0.15) is 0 Å². The highest BCUT2D eigenvalue weighted by molar-refractivity contribution is 5.92. The van der Waals surface area contributed by atoms with E-state index in [0.717, 1.165) is 82.9 Å². The fourth-order valence-electron chi connectivity index (χ4n) is 4.57. The van der Waals surface area contributed by atoms with Gasteiger partial charge in [-0.3, -0.25) is 14.6 Å². The number of allylic oxidation sites excluding steroid dienone is 1. The predicted octanol–water partition coefficient (Wildman–Crippen LogP) is 6.15. The van der Waals surface area contributed by atoms with Crippen molar-refractivity contribution in [3.05, 3.63) is 12.7 Å². The molecule has 1 saturated heterocycles. The van der Waals surface area contributed by atoms with Crippen molar-refractivity contribution in [3.63, 3.8) is 0 Å². The lowest BCUT2D eigenvalue weighted by Crippen LogP contribution is -2.46. The van der Waals surface area contributed by atoms with Crippen LogP contribution in [0.25, 0.3) is 0 Å². The first kappa shape index (κ1) is 39.3. The van der Waals surface area contributed by atoms with Crippen molar-refractivity contribution in [3.8, 4) is 0 Å². The van der Waals surface area contributed by atoms with Crippen LogP contribution in [0.3, 0.4) is 0 Å². The smallest absolute Gasteiger partial charge is 0.417 e. The van der Waals surface area contributed by atoms with E-state index in [4.69, 9.17) is 21.3 Å². The summed E-state index contributed by atoms with van der Waals surface area (Å²) in [7, 11) is 0. The Hall–Kier alpha value is -1.84. The van der Waals surface area contributed by atoms with E-state index in [1.807, 2.05) is 26.8 Å². The second-order valence-corrected chi connectivity index (χ2v) is 11.1. The van der Waals surface area contributed by atoms with Crippen molar-refractivity contribution in [1.29, 1.82) is 0 Å². The van der Waals surface area contributed by atoms with Crippen LogP contribution in [0.2, 0.25) is 0 Å². The number of carboxylic acids is 1. The van der Waals surface area contributed by atoms with E-state index in [2.05, 4.69) is 11.6 Å². The summed E-state index contributed by atoms with van der Waals surface area (Å²) in [6.07, 6.45) is 14.9. The molecule has 5 N–H and O–H groups in total. The summed E-state index contributed by atoms with van der Waals surface area (Å²) in [4.78, 5) is 40.8. The van der Waals surface area contributed by atoms with E-state index in [9.17, 15) is 14.4 Å². The highest BCUT2D eigenvalue weighted by atomic mass is 35.5. The van der Waals surface area contributed by atoms with Crippen LogP contribution >= 0.6 is 24.8 Å². The van der Waals surface area contributed by atoms with Gasteiger partial charge in [-0.25, -0.2) is 9.69 Å². The lowest BCUT2D eigenvalue weighted by atomic mass is 10.0. The maximum absolute atomic E-state index is 12.3. The number of ether oxygens (including phenoxy) is 1. The Kier molecular flexibility index (Phi) is 21.1. The first-order valence-corrected chi connectivity index (χ1v) is 13.9. The Morgan fingerprint density at radius 3 is 2.36 bits per heavy atom. The number of nitrogens with two attached hydrogens (primary N) is 2. The summed E-state index contributed by atoms with van der Waals surface area (Å²) in [5, 5.41) is 8.64. The Morgan fingerprint density at radius 1 is 1.10 bits per heavy atom. The largest absolute Gasteiger partial charge is 0.480 e. The Labute approximate surface area is 247 Å². The molecule has 2 rings (SSSR count). The number of carbonyl (C=O) groups is 3. The molecular weight excluding hydrogens is 543 g/mol. The molecule has 0 unspecified atom stereocenters. The van der Waals surface area contributed by atoms with E-state index in [1.165, 1.54) is 11.3 Å². The number of imide groups is 1. The molecule has 0 bridgehead atoms. The number of nitrogens with zero attached hydrogens (tertiary/aromatic N) is 2. The van der Waals surface area contributed by atoms with Crippen LogP contribution in [-0.4, -0.2) is 57.5 Å². The molecule has 0 aromatic carbocycles. The number of amides is 2. The molecule has 2 aliphatic heterocycles. The van der Waals surface area contributed by atoms with Gasteiger partial charge in [-0.1, -0.05) is 31.8 Å². The van der Waals surface area contributed by atoms with Gasteiger partial charge in [-0.05, 0) is 78.6 Å². The van der Waals surface area contributed by atoms with E-state index in [1.54, 1.807) is 0 Å².